The number of nitro groups is 1. The number of carbonyl (C=O) groups excluding carboxylic acids is 1. The molecule has 5 heteroatoms. The second kappa shape index (κ2) is 5.97. The lowest BCUT2D eigenvalue weighted by Gasteiger charge is -2.00. The number of Topliss-reactive ketones (excluding diaryl/α,β-unsaturated/α-hetero) is 1. The van der Waals surface area contributed by atoms with Crippen molar-refractivity contribution in [3.8, 4) is 0 Å². The van der Waals surface area contributed by atoms with Crippen LogP contribution >= 0.6 is 0 Å². The number of hydrogen-bond donors (Lipinski definition) is 0. The van der Waals surface area contributed by atoms with Gasteiger partial charge in [0.05, 0.1) is 4.92 Å². The first-order chi connectivity index (χ1) is 7.63. The third-order valence-electron chi connectivity index (χ3n) is 2.14. The van der Waals surface area contributed by atoms with Crippen LogP contribution in [0.25, 0.3) is 0 Å². The van der Waals surface area contributed by atoms with E-state index in [0.29, 0.717) is 12.8 Å². The second-order valence-corrected chi connectivity index (χ2v) is 3.40. The van der Waals surface area contributed by atoms with Crippen molar-refractivity contribution < 1.29 is 14.5 Å². The molecule has 0 heterocycles. The molecule has 0 aromatic heterocycles. The Hall–Kier alpha value is -1.75. The van der Waals surface area contributed by atoms with Gasteiger partial charge in [0, 0.05) is 25.7 Å². The number of carbonyl (C=O) groups is 1. The van der Waals surface area contributed by atoms with Crippen LogP contribution in [-0.4, -0.2) is 24.4 Å². The van der Waals surface area contributed by atoms with E-state index >= 15 is 0 Å². The topological polar surface area (TPSA) is 69.4 Å². The highest BCUT2D eigenvalue weighted by Gasteiger charge is 2.05. The normalized spacial score (nSPS) is 10.1. The van der Waals surface area contributed by atoms with Crippen LogP contribution < -0.4 is 0 Å². The van der Waals surface area contributed by atoms with Gasteiger partial charge in [0.2, 0.25) is 0 Å². The summed E-state index contributed by atoms with van der Waals surface area (Å²) in [5, 5.41) is 10.4. The molecule has 16 heavy (non-hydrogen) atoms. The molecule has 1 aromatic rings. The highest BCUT2D eigenvalue weighted by Crippen LogP contribution is 2.13. The molecular weight excluding hydrogens is 210 g/mol. The van der Waals surface area contributed by atoms with Crippen molar-refractivity contribution in [3.63, 3.8) is 0 Å². The third kappa shape index (κ3) is 3.78. The highest BCUT2D eigenvalue weighted by atomic mass is 16.6. The lowest BCUT2D eigenvalue weighted by atomic mass is 10.1. The van der Waals surface area contributed by atoms with E-state index in [0.717, 1.165) is 5.56 Å². The summed E-state index contributed by atoms with van der Waals surface area (Å²) in [4.78, 5) is 21.1. The van der Waals surface area contributed by atoms with Crippen LogP contribution in [0.15, 0.2) is 24.3 Å². The van der Waals surface area contributed by atoms with E-state index in [9.17, 15) is 14.9 Å². The number of non-ortho nitro benzene ring substituents is 1. The van der Waals surface area contributed by atoms with Crippen LogP contribution in [0.3, 0.4) is 0 Å². The molecule has 0 unspecified atom stereocenters. The number of ether oxygens (including phenoxy) is 1. The average molecular weight is 223 g/mol. The zero-order chi connectivity index (χ0) is 12.0. The molecule has 0 aliphatic rings. The van der Waals surface area contributed by atoms with Crippen LogP contribution in [-0.2, 0) is 16.0 Å². The summed E-state index contributed by atoms with van der Waals surface area (Å²) in [6.07, 6.45) is 0.978. The number of ketones is 1. The Kier molecular flexibility index (Phi) is 4.60. The fourth-order valence-electron chi connectivity index (χ4n) is 1.30. The lowest BCUT2D eigenvalue weighted by molar-refractivity contribution is -0.384. The first-order valence-electron chi connectivity index (χ1n) is 4.87. The predicted octanol–water partition coefficient (Wildman–Crippen LogP) is 1.74. The van der Waals surface area contributed by atoms with Gasteiger partial charge in [-0.2, -0.15) is 0 Å². The Morgan fingerprint density at radius 1 is 1.38 bits per heavy atom. The summed E-state index contributed by atoms with van der Waals surface area (Å²) in [6, 6.07) is 6.21. The number of rotatable bonds is 6. The van der Waals surface area contributed by atoms with Gasteiger partial charge < -0.3 is 4.74 Å². The summed E-state index contributed by atoms with van der Waals surface area (Å²) in [5.74, 6) is 0.0286. The Morgan fingerprint density at radius 3 is 2.50 bits per heavy atom. The van der Waals surface area contributed by atoms with E-state index in [1.165, 1.54) is 19.2 Å². The largest absolute Gasteiger partial charge is 0.377 e. The molecular formula is C11H13NO4. The monoisotopic (exact) mass is 223 g/mol. The maximum atomic E-state index is 11.2. The van der Waals surface area contributed by atoms with Crippen molar-refractivity contribution in [2.24, 2.45) is 0 Å². The first kappa shape index (κ1) is 12.3. The van der Waals surface area contributed by atoms with Crippen molar-refractivity contribution in [1.82, 2.24) is 0 Å². The maximum Gasteiger partial charge on any atom is 0.269 e. The van der Waals surface area contributed by atoms with Crippen molar-refractivity contribution in [3.05, 3.63) is 39.9 Å². The molecule has 0 saturated heterocycles. The zero-order valence-electron chi connectivity index (χ0n) is 9.01. The van der Waals surface area contributed by atoms with Gasteiger partial charge in [0.15, 0.2) is 5.78 Å². The van der Waals surface area contributed by atoms with Crippen LogP contribution in [0, 0.1) is 10.1 Å². The van der Waals surface area contributed by atoms with Gasteiger partial charge in [-0.1, -0.05) is 12.1 Å². The molecule has 0 bridgehead atoms. The van der Waals surface area contributed by atoms with Gasteiger partial charge in [0.1, 0.15) is 6.61 Å². The van der Waals surface area contributed by atoms with E-state index in [1.807, 2.05) is 0 Å². The van der Waals surface area contributed by atoms with Gasteiger partial charge in [-0.15, -0.1) is 0 Å². The van der Waals surface area contributed by atoms with Gasteiger partial charge >= 0.3 is 0 Å². The molecule has 5 nitrogen and oxygen atoms in total. The molecule has 0 spiro atoms. The van der Waals surface area contributed by atoms with E-state index in [-0.39, 0.29) is 18.1 Å². The molecule has 0 saturated carbocycles. The summed E-state index contributed by atoms with van der Waals surface area (Å²) in [7, 11) is 1.48. The minimum Gasteiger partial charge on any atom is -0.377 e. The van der Waals surface area contributed by atoms with E-state index < -0.39 is 4.92 Å². The smallest absolute Gasteiger partial charge is 0.269 e. The van der Waals surface area contributed by atoms with Crippen LogP contribution in [0.1, 0.15) is 12.0 Å². The number of nitro benzene ring substituents is 1. The van der Waals surface area contributed by atoms with Gasteiger partial charge in [0.25, 0.3) is 5.69 Å². The molecule has 0 fully saturated rings. The maximum absolute atomic E-state index is 11.2. The summed E-state index contributed by atoms with van der Waals surface area (Å²) in [5.41, 5.74) is 0.974. The van der Waals surface area contributed by atoms with Gasteiger partial charge in [-0.25, -0.2) is 0 Å². The minimum atomic E-state index is -0.445. The number of aryl methyl sites for hydroxylation is 1. The van der Waals surface area contributed by atoms with E-state index in [1.54, 1.807) is 12.1 Å². The average Bonchev–Trinajstić information content (AvgIpc) is 2.27. The lowest BCUT2D eigenvalue weighted by Crippen LogP contribution is -2.07. The van der Waals surface area contributed by atoms with E-state index in [4.69, 9.17) is 4.74 Å². The van der Waals surface area contributed by atoms with Crippen LogP contribution in [0.4, 0.5) is 5.69 Å². The fraction of sp³-hybridized carbons (Fsp3) is 0.364. The Balaban J connectivity index is 2.49. The highest BCUT2D eigenvalue weighted by molar-refractivity contribution is 5.79. The SMILES string of the molecule is COCC(=O)CCc1ccc([N+](=O)[O-])cc1. The number of methoxy groups -OCH3 is 1. The Bertz CT molecular complexity index is 372. The molecule has 0 aliphatic heterocycles. The summed E-state index contributed by atoms with van der Waals surface area (Å²) in [6.45, 7) is 0.118. The molecule has 0 radical (unpaired) electrons. The first-order valence-corrected chi connectivity index (χ1v) is 4.87. The minimum absolute atomic E-state index is 0.0286. The molecule has 0 N–H and O–H groups in total. The Morgan fingerprint density at radius 2 is 2.00 bits per heavy atom. The number of nitrogens with zero attached hydrogens (tertiary/aromatic N) is 1. The van der Waals surface area contributed by atoms with Gasteiger partial charge in [-0.3, -0.25) is 14.9 Å². The molecule has 1 rings (SSSR count). The van der Waals surface area contributed by atoms with E-state index in [2.05, 4.69) is 0 Å². The third-order valence-corrected chi connectivity index (χ3v) is 2.14. The fourth-order valence-corrected chi connectivity index (χ4v) is 1.30. The summed E-state index contributed by atoms with van der Waals surface area (Å²) < 4.78 is 4.70. The van der Waals surface area contributed by atoms with Crippen molar-refractivity contribution in [1.29, 1.82) is 0 Å². The molecule has 1 aromatic carbocycles. The van der Waals surface area contributed by atoms with Crippen molar-refractivity contribution >= 4 is 11.5 Å². The van der Waals surface area contributed by atoms with Crippen LogP contribution in [0.5, 0.6) is 0 Å². The van der Waals surface area contributed by atoms with Crippen molar-refractivity contribution in [2.45, 2.75) is 12.8 Å². The molecule has 0 amide bonds. The quantitative estimate of drug-likeness (QED) is 0.544. The van der Waals surface area contributed by atoms with Crippen molar-refractivity contribution in [2.75, 3.05) is 13.7 Å². The molecule has 86 valence electrons. The predicted molar refractivity (Wildman–Crippen MR) is 58.3 cm³/mol. The number of hydrogen-bond acceptors (Lipinski definition) is 4. The summed E-state index contributed by atoms with van der Waals surface area (Å²) >= 11 is 0. The van der Waals surface area contributed by atoms with Crippen LogP contribution in [0.2, 0.25) is 0 Å². The molecule has 0 aliphatic carbocycles. The van der Waals surface area contributed by atoms with Gasteiger partial charge in [-0.05, 0) is 12.0 Å². The molecule has 0 atom stereocenters. The standard InChI is InChI=1S/C11H13NO4/c1-16-8-11(13)7-4-9-2-5-10(6-3-9)12(14)15/h2-3,5-6H,4,7-8H2,1H3. The number of benzene rings is 1. The second-order valence-electron chi connectivity index (χ2n) is 3.40. The zero-order valence-corrected chi connectivity index (χ0v) is 9.01. The Labute approximate surface area is 93.2 Å².